The second kappa shape index (κ2) is 5.61. The standard InChI is InChI=1S/C12H9Cl2NO2S/c13-7-3-9(18-6-7)5-15-8-1-2-11(14)10(4-8)12(16)17/h1-4,6,15H,5H2,(H,16,17). The summed E-state index contributed by atoms with van der Waals surface area (Å²) in [6, 6.07) is 6.69. The van der Waals surface area contributed by atoms with Crippen molar-refractivity contribution in [3.63, 3.8) is 0 Å². The molecule has 0 saturated carbocycles. The van der Waals surface area contributed by atoms with Gasteiger partial charge in [-0.25, -0.2) is 4.79 Å². The van der Waals surface area contributed by atoms with Crippen molar-refractivity contribution in [2.45, 2.75) is 6.54 Å². The van der Waals surface area contributed by atoms with Crippen molar-refractivity contribution >= 4 is 46.2 Å². The number of rotatable bonds is 4. The SMILES string of the molecule is O=C(O)c1cc(NCc2cc(Cl)cs2)ccc1Cl. The molecule has 0 aliphatic heterocycles. The van der Waals surface area contributed by atoms with Crippen LogP contribution < -0.4 is 5.32 Å². The number of thiophene rings is 1. The lowest BCUT2D eigenvalue weighted by atomic mass is 10.2. The van der Waals surface area contributed by atoms with Gasteiger partial charge in [-0.3, -0.25) is 0 Å². The molecule has 2 rings (SSSR count). The molecule has 0 radical (unpaired) electrons. The summed E-state index contributed by atoms with van der Waals surface area (Å²) in [4.78, 5) is 12.0. The van der Waals surface area contributed by atoms with Gasteiger partial charge in [0.25, 0.3) is 0 Å². The Morgan fingerprint density at radius 3 is 2.72 bits per heavy atom. The van der Waals surface area contributed by atoms with E-state index in [-0.39, 0.29) is 10.6 Å². The van der Waals surface area contributed by atoms with E-state index in [9.17, 15) is 4.79 Å². The van der Waals surface area contributed by atoms with Crippen molar-refractivity contribution in [3.8, 4) is 0 Å². The fourth-order valence-corrected chi connectivity index (χ4v) is 2.65. The highest BCUT2D eigenvalue weighted by atomic mass is 35.5. The number of carbonyl (C=O) groups is 1. The second-order valence-corrected chi connectivity index (χ2v) is 5.42. The molecule has 3 nitrogen and oxygen atoms in total. The van der Waals surface area contributed by atoms with Gasteiger partial charge >= 0.3 is 5.97 Å². The van der Waals surface area contributed by atoms with Crippen LogP contribution in [0.1, 0.15) is 15.2 Å². The van der Waals surface area contributed by atoms with E-state index in [4.69, 9.17) is 28.3 Å². The van der Waals surface area contributed by atoms with E-state index in [0.717, 1.165) is 4.88 Å². The topological polar surface area (TPSA) is 49.3 Å². The Kier molecular flexibility index (Phi) is 4.11. The molecular formula is C12H9Cl2NO2S. The van der Waals surface area contributed by atoms with E-state index in [0.29, 0.717) is 17.3 Å². The predicted molar refractivity (Wildman–Crippen MR) is 75.1 cm³/mol. The largest absolute Gasteiger partial charge is 0.478 e. The molecule has 0 amide bonds. The molecule has 6 heteroatoms. The van der Waals surface area contributed by atoms with Gasteiger partial charge in [0.05, 0.1) is 15.6 Å². The molecular weight excluding hydrogens is 293 g/mol. The average Bonchev–Trinajstić information content (AvgIpc) is 2.74. The quantitative estimate of drug-likeness (QED) is 0.882. The summed E-state index contributed by atoms with van der Waals surface area (Å²) in [5.41, 5.74) is 0.798. The zero-order valence-electron chi connectivity index (χ0n) is 9.11. The average molecular weight is 302 g/mol. The fourth-order valence-electron chi connectivity index (χ4n) is 1.43. The van der Waals surface area contributed by atoms with Gasteiger partial charge < -0.3 is 10.4 Å². The third kappa shape index (κ3) is 3.16. The summed E-state index contributed by atoms with van der Waals surface area (Å²) < 4.78 is 0. The van der Waals surface area contributed by atoms with Gasteiger partial charge in [0.2, 0.25) is 0 Å². The smallest absolute Gasteiger partial charge is 0.337 e. The summed E-state index contributed by atoms with van der Waals surface area (Å²) >= 11 is 13.2. The summed E-state index contributed by atoms with van der Waals surface area (Å²) in [6.45, 7) is 0.595. The number of anilines is 1. The van der Waals surface area contributed by atoms with Crippen LogP contribution in [0.15, 0.2) is 29.6 Å². The Hall–Kier alpha value is -1.23. The van der Waals surface area contributed by atoms with Gasteiger partial charge in [0.1, 0.15) is 0 Å². The van der Waals surface area contributed by atoms with Gasteiger partial charge in [-0.2, -0.15) is 0 Å². The molecule has 1 aromatic carbocycles. The first-order chi connectivity index (χ1) is 8.56. The minimum Gasteiger partial charge on any atom is -0.478 e. The molecule has 0 saturated heterocycles. The Balaban J connectivity index is 2.10. The van der Waals surface area contributed by atoms with Crippen LogP contribution in [0.5, 0.6) is 0 Å². The monoisotopic (exact) mass is 301 g/mol. The van der Waals surface area contributed by atoms with Crippen LogP contribution >= 0.6 is 34.5 Å². The van der Waals surface area contributed by atoms with Crippen LogP contribution in [0, 0.1) is 0 Å². The molecule has 2 N–H and O–H groups in total. The van der Waals surface area contributed by atoms with Gasteiger partial charge in [-0.1, -0.05) is 23.2 Å². The van der Waals surface area contributed by atoms with Crippen LogP contribution in [0.2, 0.25) is 10.0 Å². The van der Waals surface area contributed by atoms with E-state index >= 15 is 0 Å². The fraction of sp³-hybridized carbons (Fsp3) is 0.0833. The molecule has 0 unspecified atom stereocenters. The lowest BCUT2D eigenvalue weighted by Crippen LogP contribution is -2.01. The summed E-state index contributed by atoms with van der Waals surface area (Å²) in [6.07, 6.45) is 0. The zero-order chi connectivity index (χ0) is 13.1. The molecule has 94 valence electrons. The van der Waals surface area contributed by atoms with Crippen molar-refractivity contribution in [2.75, 3.05) is 5.32 Å². The lowest BCUT2D eigenvalue weighted by Gasteiger charge is -2.06. The molecule has 0 fully saturated rings. The maximum Gasteiger partial charge on any atom is 0.337 e. The summed E-state index contributed by atoms with van der Waals surface area (Å²) in [7, 11) is 0. The molecule has 0 aliphatic carbocycles. The minimum atomic E-state index is -1.04. The zero-order valence-corrected chi connectivity index (χ0v) is 11.4. The first kappa shape index (κ1) is 13.2. The van der Waals surface area contributed by atoms with Crippen molar-refractivity contribution in [1.29, 1.82) is 0 Å². The van der Waals surface area contributed by atoms with Gasteiger partial charge in [0, 0.05) is 22.5 Å². The second-order valence-electron chi connectivity index (χ2n) is 3.58. The van der Waals surface area contributed by atoms with Crippen LogP contribution in [-0.2, 0) is 6.54 Å². The van der Waals surface area contributed by atoms with Crippen molar-refractivity contribution in [3.05, 3.63) is 50.1 Å². The lowest BCUT2D eigenvalue weighted by molar-refractivity contribution is 0.0697. The van der Waals surface area contributed by atoms with Crippen LogP contribution in [-0.4, -0.2) is 11.1 Å². The number of carboxylic acids is 1. The van der Waals surface area contributed by atoms with E-state index in [1.807, 2.05) is 11.4 Å². The van der Waals surface area contributed by atoms with Crippen molar-refractivity contribution in [1.82, 2.24) is 0 Å². The van der Waals surface area contributed by atoms with Gasteiger partial charge in [0.15, 0.2) is 0 Å². The number of nitrogens with one attached hydrogen (secondary N) is 1. The molecule has 0 atom stereocenters. The predicted octanol–water partition coefficient (Wildman–Crippen LogP) is 4.37. The van der Waals surface area contributed by atoms with Crippen LogP contribution in [0.25, 0.3) is 0 Å². The number of carboxylic acid groups (broad SMARTS) is 1. The maximum atomic E-state index is 10.9. The van der Waals surface area contributed by atoms with Crippen molar-refractivity contribution in [2.24, 2.45) is 0 Å². The summed E-state index contributed by atoms with van der Waals surface area (Å²) in [5.74, 6) is -1.04. The number of aromatic carboxylic acids is 1. The molecule has 18 heavy (non-hydrogen) atoms. The highest BCUT2D eigenvalue weighted by Crippen LogP contribution is 2.23. The Labute approximate surface area is 118 Å². The molecule has 0 spiro atoms. The van der Waals surface area contributed by atoms with Gasteiger partial charge in [-0.15, -0.1) is 11.3 Å². The first-order valence-corrected chi connectivity index (χ1v) is 6.69. The normalized spacial score (nSPS) is 10.3. The van der Waals surface area contributed by atoms with Crippen molar-refractivity contribution < 1.29 is 9.90 Å². The first-order valence-electron chi connectivity index (χ1n) is 5.06. The number of benzene rings is 1. The van der Waals surface area contributed by atoms with Gasteiger partial charge in [-0.05, 0) is 24.3 Å². The molecule has 1 heterocycles. The number of hydrogen-bond donors (Lipinski definition) is 2. The van der Waals surface area contributed by atoms with E-state index in [2.05, 4.69) is 5.32 Å². The molecule has 2 aromatic rings. The van der Waals surface area contributed by atoms with E-state index < -0.39 is 5.97 Å². The molecule has 0 bridgehead atoms. The number of hydrogen-bond acceptors (Lipinski definition) is 3. The van der Waals surface area contributed by atoms with Crippen LogP contribution in [0.3, 0.4) is 0 Å². The van der Waals surface area contributed by atoms with E-state index in [1.165, 1.54) is 6.07 Å². The summed E-state index contributed by atoms with van der Waals surface area (Å²) in [5, 5.41) is 14.9. The minimum absolute atomic E-state index is 0.0888. The van der Waals surface area contributed by atoms with E-state index in [1.54, 1.807) is 23.5 Å². The number of halogens is 2. The molecule has 1 aromatic heterocycles. The Morgan fingerprint density at radius 2 is 2.11 bits per heavy atom. The highest BCUT2D eigenvalue weighted by Gasteiger charge is 2.09. The van der Waals surface area contributed by atoms with Crippen LogP contribution in [0.4, 0.5) is 5.69 Å². The third-order valence-corrected chi connectivity index (χ3v) is 3.90. The molecule has 0 aliphatic rings. The Morgan fingerprint density at radius 1 is 1.33 bits per heavy atom. The third-order valence-electron chi connectivity index (χ3n) is 2.29. The Bertz CT molecular complexity index is 583. The highest BCUT2D eigenvalue weighted by molar-refractivity contribution is 7.10. The maximum absolute atomic E-state index is 10.9.